The highest BCUT2D eigenvalue weighted by molar-refractivity contribution is 5.97. The van der Waals surface area contributed by atoms with E-state index >= 15 is 0 Å². The standard InChI is InChI=1S/C17H21N3O3/c1-10-9-11(2)13(4)16(12(10)3)17(23)18-7-8-20-15(22)6-5-14(21)19-20/h5-6,9H,7-8H2,1-4H3,(H,18,23)(H,19,21). The number of nitrogens with zero attached hydrogens (tertiary/aromatic N) is 1. The minimum absolute atomic E-state index is 0.168. The summed E-state index contributed by atoms with van der Waals surface area (Å²) in [6, 6.07) is 4.45. The lowest BCUT2D eigenvalue weighted by Crippen LogP contribution is -2.34. The molecule has 0 aliphatic carbocycles. The predicted octanol–water partition coefficient (Wildman–Crippen LogP) is 1.20. The summed E-state index contributed by atoms with van der Waals surface area (Å²) in [6.07, 6.45) is 0. The molecule has 0 aliphatic rings. The zero-order valence-electron chi connectivity index (χ0n) is 13.8. The van der Waals surface area contributed by atoms with Gasteiger partial charge < -0.3 is 5.32 Å². The highest BCUT2D eigenvalue weighted by atomic mass is 16.2. The summed E-state index contributed by atoms with van der Waals surface area (Å²) >= 11 is 0. The minimum atomic E-state index is -0.350. The van der Waals surface area contributed by atoms with Crippen molar-refractivity contribution in [3.05, 3.63) is 66.7 Å². The minimum Gasteiger partial charge on any atom is -0.350 e. The van der Waals surface area contributed by atoms with Crippen molar-refractivity contribution >= 4 is 5.91 Å². The van der Waals surface area contributed by atoms with Crippen molar-refractivity contribution in [2.75, 3.05) is 6.54 Å². The second kappa shape index (κ2) is 6.64. The number of aryl methyl sites for hydroxylation is 2. The van der Waals surface area contributed by atoms with Crippen molar-refractivity contribution in [1.29, 1.82) is 0 Å². The SMILES string of the molecule is Cc1cc(C)c(C)c(C(=O)NCCn2[nH]c(=O)ccc2=O)c1C. The first-order valence-corrected chi connectivity index (χ1v) is 7.47. The maximum absolute atomic E-state index is 12.5. The summed E-state index contributed by atoms with van der Waals surface area (Å²) in [5.74, 6) is -0.168. The van der Waals surface area contributed by atoms with Gasteiger partial charge in [0.2, 0.25) is 0 Å². The van der Waals surface area contributed by atoms with Crippen molar-refractivity contribution < 1.29 is 4.79 Å². The molecule has 0 saturated carbocycles. The van der Waals surface area contributed by atoms with Gasteiger partial charge in [0.25, 0.3) is 17.0 Å². The van der Waals surface area contributed by atoms with E-state index in [4.69, 9.17) is 0 Å². The average Bonchev–Trinajstić information content (AvgIpc) is 2.49. The molecule has 1 aromatic carbocycles. The maximum Gasteiger partial charge on any atom is 0.265 e. The second-order valence-electron chi connectivity index (χ2n) is 5.69. The van der Waals surface area contributed by atoms with Gasteiger partial charge in [-0.3, -0.25) is 19.5 Å². The van der Waals surface area contributed by atoms with Gasteiger partial charge in [0, 0.05) is 24.2 Å². The van der Waals surface area contributed by atoms with Gasteiger partial charge in [-0.25, -0.2) is 4.68 Å². The van der Waals surface area contributed by atoms with E-state index in [0.717, 1.165) is 22.3 Å². The number of hydrogen-bond donors (Lipinski definition) is 2. The van der Waals surface area contributed by atoms with Crippen LogP contribution in [0.2, 0.25) is 0 Å². The van der Waals surface area contributed by atoms with E-state index in [2.05, 4.69) is 16.5 Å². The number of aromatic amines is 1. The lowest BCUT2D eigenvalue weighted by molar-refractivity contribution is 0.0950. The monoisotopic (exact) mass is 315 g/mol. The summed E-state index contributed by atoms with van der Waals surface area (Å²) in [7, 11) is 0. The molecular weight excluding hydrogens is 294 g/mol. The third kappa shape index (κ3) is 3.59. The fourth-order valence-electron chi connectivity index (χ4n) is 2.56. The normalized spacial score (nSPS) is 10.6. The predicted molar refractivity (Wildman–Crippen MR) is 89.0 cm³/mol. The Morgan fingerprint density at radius 1 is 1.09 bits per heavy atom. The molecule has 0 spiro atoms. The summed E-state index contributed by atoms with van der Waals surface area (Å²) in [6.45, 7) is 8.28. The van der Waals surface area contributed by atoms with Crippen LogP contribution >= 0.6 is 0 Å². The van der Waals surface area contributed by atoms with Gasteiger partial charge in [0.15, 0.2) is 0 Å². The van der Waals surface area contributed by atoms with Crippen molar-refractivity contribution in [3.63, 3.8) is 0 Å². The molecule has 0 bridgehead atoms. The number of nitrogens with one attached hydrogen (secondary N) is 2. The average molecular weight is 315 g/mol. The Morgan fingerprint density at radius 3 is 2.30 bits per heavy atom. The smallest absolute Gasteiger partial charge is 0.265 e. The van der Waals surface area contributed by atoms with Gasteiger partial charge in [0.1, 0.15) is 0 Å². The third-order valence-corrected chi connectivity index (χ3v) is 4.10. The van der Waals surface area contributed by atoms with Crippen LogP contribution in [0.5, 0.6) is 0 Å². The van der Waals surface area contributed by atoms with Gasteiger partial charge >= 0.3 is 0 Å². The van der Waals surface area contributed by atoms with Gasteiger partial charge in [-0.2, -0.15) is 0 Å². The number of benzene rings is 1. The first-order chi connectivity index (χ1) is 10.8. The van der Waals surface area contributed by atoms with E-state index in [-0.39, 0.29) is 30.1 Å². The van der Waals surface area contributed by atoms with E-state index in [9.17, 15) is 14.4 Å². The van der Waals surface area contributed by atoms with E-state index < -0.39 is 0 Å². The van der Waals surface area contributed by atoms with E-state index in [1.807, 2.05) is 27.7 Å². The molecule has 2 aromatic rings. The van der Waals surface area contributed by atoms with Gasteiger partial charge in [-0.15, -0.1) is 0 Å². The summed E-state index contributed by atoms with van der Waals surface area (Å²) in [5.41, 5.74) is 4.07. The molecule has 0 aliphatic heterocycles. The van der Waals surface area contributed by atoms with Crippen LogP contribution in [0.4, 0.5) is 0 Å². The molecule has 122 valence electrons. The molecule has 0 unspecified atom stereocenters. The molecule has 23 heavy (non-hydrogen) atoms. The van der Waals surface area contributed by atoms with Crippen LogP contribution in [0.15, 0.2) is 27.8 Å². The number of carbonyl (C=O) groups excluding carboxylic acids is 1. The van der Waals surface area contributed by atoms with Crippen molar-refractivity contribution in [2.45, 2.75) is 34.2 Å². The van der Waals surface area contributed by atoms with Gasteiger partial charge in [-0.1, -0.05) is 6.07 Å². The molecule has 6 heteroatoms. The Hall–Kier alpha value is -2.63. The van der Waals surface area contributed by atoms with E-state index in [1.54, 1.807) is 0 Å². The van der Waals surface area contributed by atoms with Gasteiger partial charge in [0.05, 0.1) is 6.54 Å². The van der Waals surface area contributed by atoms with Crippen molar-refractivity contribution in [2.24, 2.45) is 0 Å². The zero-order valence-corrected chi connectivity index (χ0v) is 13.8. The summed E-state index contributed by atoms with van der Waals surface area (Å²) in [4.78, 5) is 35.3. The Labute approximate surface area is 134 Å². The lowest BCUT2D eigenvalue weighted by atomic mass is 9.94. The largest absolute Gasteiger partial charge is 0.350 e. The number of amides is 1. The molecule has 6 nitrogen and oxygen atoms in total. The first-order valence-electron chi connectivity index (χ1n) is 7.47. The first kappa shape index (κ1) is 16.7. The van der Waals surface area contributed by atoms with Crippen LogP contribution in [0.25, 0.3) is 0 Å². The Bertz CT molecular complexity index is 836. The number of aromatic nitrogens is 2. The number of rotatable bonds is 4. The molecule has 2 rings (SSSR count). The number of carbonyl (C=O) groups is 1. The van der Waals surface area contributed by atoms with E-state index in [0.29, 0.717) is 5.56 Å². The third-order valence-electron chi connectivity index (χ3n) is 4.10. The van der Waals surface area contributed by atoms with Crippen molar-refractivity contribution in [3.8, 4) is 0 Å². The Morgan fingerprint density at radius 2 is 1.70 bits per heavy atom. The molecule has 2 N–H and O–H groups in total. The quantitative estimate of drug-likeness (QED) is 0.889. The van der Waals surface area contributed by atoms with Crippen LogP contribution in [0.1, 0.15) is 32.6 Å². The number of H-pyrrole nitrogens is 1. The molecule has 1 heterocycles. The highest BCUT2D eigenvalue weighted by Gasteiger charge is 2.15. The number of hydrogen-bond acceptors (Lipinski definition) is 3. The molecule has 1 amide bonds. The fourth-order valence-corrected chi connectivity index (χ4v) is 2.56. The Kier molecular flexibility index (Phi) is 4.83. The molecule has 0 saturated heterocycles. The lowest BCUT2D eigenvalue weighted by Gasteiger charge is -2.15. The molecular formula is C17H21N3O3. The highest BCUT2D eigenvalue weighted by Crippen LogP contribution is 2.21. The summed E-state index contributed by atoms with van der Waals surface area (Å²) in [5, 5.41) is 5.24. The van der Waals surface area contributed by atoms with Crippen molar-refractivity contribution in [1.82, 2.24) is 15.1 Å². The van der Waals surface area contributed by atoms with Crippen LogP contribution < -0.4 is 16.4 Å². The molecule has 0 atom stereocenters. The molecule has 0 radical (unpaired) electrons. The second-order valence-corrected chi connectivity index (χ2v) is 5.69. The van der Waals surface area contributed by atoms with Crippen LogP contribution in [0, 0.1) is 27.7 Å². The summed E-state index contributed by atoms with van der Waals surface area (Å²) < 4.78 is 1.18. The maximum atomic E-state index is 12.5. The van der Waals surface area contributed by atoms with E-state index in [1.165, 1.54) is 16.8 Å². The van der Waals surface area contributed by atoms with Crippen LogP contribution in [-0.2, 0) is 6.54 Å². The molecule has 1 aromatic heterocycles. The topological polar surface area (TPSA) is 84.0 Å². The van der Waals surface area contributed by atoms with Gasteiger partial charge in [-0.05, 0) is 49.9 Å². The zero-order chi connectivity index (χ0) is 17.1. The van der Waals surface area contributed by atoms with Crippen LogP contribution in [0.3, 0.4) is 0 Å². The van der Waals surface area contributed by atoms with Crippen LogP contribution in [-0.4, -0.2) is 22.2 Å². The molecule has 0 fully saturated rings. The fraction of sp³-hybridized carbons (Fsp3) is 0.353. The Balaban J connectivity index is 2.13.